The minimum atomic E-state index is -0.712. The van der Waals surface area contributed by atoms with Crippen LogP contribution < -0.4 is 5.56 Å². The molecular weight excluding hydrogens is 394 g/mol. The topological polar surface area (TPSA) is 93.2 Å². The molecule has 1 N–H and O–H groups in total. The summed E-state index contributed by atoms with van der Waals surface area (Å²) in [5.41, 5.74) is 0.0808. The van der Waals surface area contributed by atoms with Crippen LogP contribution in [0.15, 0.2) is 35.4 Å². The Bertz CT molecular complexity index is 1250. The second-order valence-corrected chi connectivity index (χ2v) is 9.12. The van der Waals surface area contributed by atoms with Crippen LogP contribution in [0.25, 0.3) is 11.0 Å². The van der Waals surface area contributed by atoms with Crippen molar-refractivity contribution < 1.29 is 9.90 Å². The molecule has 3 aliphatic rings. The van der Waals surface area contributed by atoms with Gasteiger partial charge in [-0.05, 0) is 43.9 Å². The summed E-state index contributed by atoms with van der Waals surface area (Å²) in [7, 11) is 0. The normalized spacial score (nSPS) is 20.4. The largest absolute Gasteiger partial charge is 0.501 e. The van der Waals surface area contributed by atoms with Gasteiger partial charge in [0.25, 0.3) is 5.91 Å². The molecule has 0 aromatic carbocycles. The van der Waals surface area contributed by atoms with Gasteiger partial charge in [-0.2, -0.15) is 4.98 Å². The van der Waals surface area contributed by atoms with Gasteiger partial charge in [-0.25, -0.2) is 4.98 Å². The maximum Gasteiger partial charge on any atom is 0.315 e. The molecule has 1 aliphatic heterocycles. The molecule has 0 spiro atoms. The standard InChI is InChI=1S/C23H25N5O3/c29-19-18-22(31)26(16-5-6-16)12-13-27(18)17(25-21(19)30)14-23(8-1-2-9-23)28-11-7-15-4-3-10-24-20(15)28/h3-4,7,10-11,16,29H,1-2,5-6,8-9,12-14H2. The van der Waals surface area contributed by atoms with Crippen LogP contribution in [0.2, 0.25) is 0 Å². The molecule has 1 amide bonds. The maximum atomic E-state index is 13.1. The Hall–Kier alpha value is -3.16. The number of nitrogens with zero attached hydrogens (tertiary/aromatic N) is 5. The molecule has 8 heteroatoms. The second kappa shape index (κ2) is 6.67. The summed E-state index contributed by atoms with van der Waals surface area (Å²) in [6, 6.07) is 6.30. The number of rotatable bonds is 4. The van der Waals surface area contributed by atoms with E-state index in [1.807, 2.05) is 6.07 Å². The zero-order chi connectivity index (χ0) is 21.2. The van der Waals surface area contributed by atoms with Gasteiger partial charge in [0, 0.05) is 43.3 Å². The molecule has 160 valence electrons. The van der Waals surface area contributed by atoms with E-state index in [1.54, 1.807) is 15.7 Å². The fraction of sp³-hybridized carbons (Fsp3) is 0.478. The van der Waals surface area contributed by atoms with Crippen LogP contribution in [0.5, 0.6) is 5.75 Å². The number of hydrogen-bond donors (Lipinski definition) is 1. The molecule has 0 saturated heterocycles. The van der Waals surface area contributed by atoms with E-state index in [9.17, 15) is 14.7 Å². The van der Waals surface area contributed by atoms with Gasteiger partial charge in [0.1, 0.15) is 11.5 Å². The number of aromatic nitrogens is 4. The lowest BCUT2D eigenvalue weighted by atomic mass is 9.91. The van der Waals surface area contributed by atoms with Crippen molar-refractivity contribution in [1.82, 2.24) is 24.0 Å². The molecule has 0 unspecified atom stereocenters. The van der Waals surface area contributed by atoms with E-state index in [2.05, 4.69) is 32.9 Å². The van der Waals surface area contributed by atoms with Crippen LogP contribution in [0, 0.1) is 0 Å². The number of pyridine rings is 1. The molecule has 2 fully saturated rings. The SMILES string of the molecule is O=C1c2c(O)c(=O)nc(CC3(n4ccc5cccnc54)CCCC3)n2CCN1C1CC1. The summed E-state index contributed by atoms with van der Waals surface area (Å²) in [5.74, 6) is -0.186. The monoisotopic (exact) mass is 419 g/mol. The number of fused-ring (bicyclic) bond motifs is 2. The van der Waals surface area contributed by atoms with Crippen LogP contribution in [0.3, 0.4) is 0 Å². The Labute approximate surface area is 179 Å². The van der Waals surface area contributed by atoms with Gasteiger partial charge in [-0.15, -0.1) is 0 Å². The first-order chi connectivity index (χ1) is 15.1. The highest BCUT2D eigenvalue weighted by Crippen LogP contribution is 2.41. The minimum Gasteiger partial charge on any atom is -0.501 e. The molecule has 3 aromatic heterocycles. The van der Waals surface area contributed by atoms with Crippen LogP contribution in [0.4, 0.5) is 0 Å². The van der Waals surface area contributed by atoms with Crippen molar-refractivity contribution in [2.24, 2.45) is 0 Å². The lowest BCUT2D eigenvalue weighted by Crippen LogP contribution is -2.45. The second-order valence-electron chi connectivity index (χ2n) is 9.12. The summed E-state index contributed by atoms with van der Waals surface area (Å²) < 4.78 is 4.03. The molecular formula is C23H25N5O3. The first-order valence-electron chi connectivity index (χ1n) is 11.1. The smallest absolute Gasteiger partial charge is 0.315 e. The quantitative estimate of drug-likeness (QED) is 0.701. The number of hydrogen-bond acceptors (Lipinski definition) is 5. The molecule has 8 nitrogen and oxygen atoms in total. The molecule has 0 bridgehead atoms. The van der Waals surface area contributed by atoms with E-state index >= 15 is 0 Å². The zero-order valence-corrected chi connectivity index (χ0v) is 17.3. The third-order valence-electron chi connectivity index (χ3n) is 7.24. The highest BCUT2D eigenvalue weighted by Gasteiger charge is 2.42. The van der Waals surface area contributed by atoms with Crippen molar-refractivity contribution in [3.8, 4) is 5.75 Å². The van der Waals surface area contributed by atoms with Gasteiger partial charge in [-0.1, -0.05) is 12.8 Å². The molecule has 4 heterocycles. The van der Waals surface area contributed by atoms with Crippen LogP contribution in [0.1, 0.15) is 54.8 Å². The summed E-state index contributed by atoms with van der Waals surface area (Å²) in [4.78, 5) is 36.3. The molecule has 31 heavy (non-hydrogen) atoms. The molecule has 2 saturated carbocycles. The summed E-state index contributed by atoms with van der Waals surface area (Å²) in [6.45, 7) is 1.14. The number of carbonyl (C=O) groups is 1. The molecule has 3 aromatic rings. The lowest BCUT2D eigenvalue weighted by Gasteiger charge is -2.35. The average Bonchev–Trinajstić information content (AvgIpc) is 3.34. The highest BCUT2D eigenvalue weighted by molar-refractivity contribution is 5.96. The predicted octanol–water partition coefficient (Wildman–Crippen LogP) is 2.43. The van der Waals surface area contributed by atoms with E-state index in [0.717, 1.165) is 49.6 Å². The third kappa shape index (κ3) is 2.80. The van der Waals surface area contributed by atoms with E-state index in [1.165, 1.54) is 0 Å². The third-order valence-corrected chi connectivity index (χ3v) is 7.24. The summed E-state index contributed by atoms with van der Waals surface area (Å²) in [5, 5.41) is 11.5. The van der Waals surface area contributed by atoms with Crippen LogP contribution >= 0.6 is 0 Å². The van der Waals surface area contributed by atoms with Crippen molar-refractivity contribution in [2.75, 3.05) is 6.54 Å². The van der Waals surface area contributed by atoms with E-state index in [4.69, 9.17) is 0 Å². The number of carbonyl (C=O) groups excluding carboxylic acids is 1. The van der Waals surface area contributed by atoms with Gasteiger partial charge in [-0.3, -0.25) is 9.59 Å². The summed E-state index contributed by atoms with van der Waals surface area (Å²) >= 11 is 0. The molecule has 0 atom stereocenters. The average molecular weight is 419 g/mol. The molecule has 0 radical (unpaired) electrons. The van der Waals surface area contributed by atoms with E-state index < -0.39 is 11.3 Å². The number of aromatic hydroxyl groups is 1. The van der Waals surface area contributed by atoms with Crippen molar-refractivity contribution in [3.63, 3.8) is 0 Å². The Balaban J connectivity index is 1.47. The predicted molar refractivity (Wildman–Crippen MR) is 114 cm³/mol. The van der Waals surface area contributed by atoms with E-state index in [0.29, 0.717) is 25.3 Å². The van der Waals surface area contributed by atoms with Crippen molar-refractivity contribution in [1.29, 1.82) is 0 Å². The summed E-state index contributed by atoms with van der Waals surface area (Å²) in [6.07, 6.45) is 10.5. The maximum absolute atomic E-state index is 13.1. The van der Waals surface area contributed by atoms with Crippen molar-refractivity contribution in [2.45, 2.75) is 63.1 Å². The Morgan fingerprint density at radius 2 is 1.94 bits per heavy atom. The van der Waals surface area contributed by atoms with Gasteiger partial charge >= 0.3 is 5.56 Å². The van der Waals surface area contributed by atoms with Crippen LogP contribution in [-0.4, -0.2) is 47.6 Å². The Kier molecular flexibility index (Phi) is 4.00. The van der Waals surface area contributed by atoms with Gasteiger partial charge in [0.05, 0.1) is 5.54 Å². The van der Waals surface area contributed by atoms with Crippen molar-refractivity contribution >= 4 is 16.9 Å². The van der Waals surface area contributed by atoms with Crippen molar-refractivity contribution in [3.05, 3.63) is 52.5 Å². The van der Waals surface area contributed by atoms with E-state index in [-0.39, 0.29) is 23.2 Å². The highest BCUT2D eigenvalue weighted by atomic mass is 16.3. The van der Waals surface area contributed by atoms with Crippen LogP contribution in [-0.2, 0) is 18.5 Å². The zero-order valence-electron chi connectivity index (χ0n) is 17.3. The van der Waals surface area contributed by atoms with Gasteiger partial charge in [0.15, 0.2) is 5.69 Å². The lowest BCUT2D eigenvalue weighted by molar-refractivity contribution is 0.0677. The first-order valence-corrected chi connectivity index (χ1v) is 11.1. The Morgan fingerprint density at radius 3 is 2.71 bits per heavy atom. The minimum absolute atomic E-state index is 0.108. The fourth-order valence-corrected chi connectivity index (χ4v) is 5.54. The fourth-order valence-electron chi connectivity index (χ4n) is 5.54. The molecule has 6 rings (SSSR count). The van der Waals surface area contributed by atoms with Gasteiger partial charge < -0.3 is 19.1 Å². The first kappa shape index (κ1) is 18.6. The molecule has 2 aliphatic carbocycles. The Morgan fingerprint density at radius 1 is 1.13 bits per heavy atom. The van der Waals surface area contributed by atoms with Gasteiger partial charge in [0.2, 0.25) is 5.75 Å². The number of amides is 1.